The molecule has 0 spiro atoms. The van der Waals surface area contributed by atoms with Gasteiger partial charge in [0.15, 0.2) is 0 Å². The second-order valence-corrected chi connectivity index (χ2v) is 5.95. The SMILES string of the molecule is Cc1cc(C)c(NC(=O)CN2CCC(CN)C2)c(C)c1.Cl. The highest BCUT2D eigenvalue weighted by Crippen LogP contribution is 2.22. The number of nitrogens with two attached hydrogens (primary N) is 1. The summed E-state index contributed by atoms with van der Waals surface area (Å²) >= 11 is 0. The van der Waals surface area contributed by atoms with Crippen LogP contribution in [0.2, 0.25) is 0 Å². The molecule has 2 rings (SSSR count). The number of benzene rings is 1. The Bertz CT molecular complexity index is 481. The van der Waals surface area contributed by atoms with Gasteiger partial charge in [-0.15, -0.1) is 12.4 Å². The van der Waals surface area contributed by atoms with Crippen molar-refractivity contribution in [2.24, 2.45) is 11.7 Å². The smallest absolute Gasteiger partial charge is 0.238 e. The van der Waals surface area contributed by atoms with Gasteiger partial charge in [-0.25, -0.2) is 0 Å². The van der Waals surface area contributed by atoms with Crippen LogP contribution in [-0.4, -0.2) is 37.0 Å². The van der Waals surface area contributed by atoms with E-state index in [4.69, 9.17) is 5.73 Å². The Morgan fingerprint density at radius 3 is 2.48 bits per heavy atom. The molecule has 0 aromatic heterocycles. The Morgan fingerprint density at radius 1 is 1.33 bits per heavy atom. The lowest BCUT2D eigenvalue weighted by Gasteiger charge is -2.17. The van der Waals surface area contributed by atoms with Crippen molar-refractivity contribution in [1.82, 2.24) is 4.90 Å². The van der Waals surface area contributed by atoms with Gasteiger partial charge in [0.25, 0.3) is 0 Å². The molecule has 1 fully saturated rings. The van der Waals surface area contributed by atoms with Gasteiger partial charge in [-0.2, -0.15) is 0 Å². The van der Waals surface area contributed by atoms with E-state index in [1.165, 1.54) is 5.56 Å². The third kappa shape index (κ3) is 4.70. The maximum absolute atomic E-state index is 12.2. The van der Waals surface area contributed by atoms with Crippen LogP contribution >= 0.6 is 12.4 Å². The van der Waals surface area contributed by atoms with Crippen LogP contribution in [0.4, 0.5) is 5.69 Å². The molecular weight excluding hydrogens is 286 g/mol. The number of halogens is 1. The van der Waals surface area contributed by atoms with E-state index in [-0.39, 0.29) is 18.3 Å². The highest BCUT2D eigenvalue weighted by atomic mass is 35.5. The first-order valence-corrected chi connectivity index (χ1v) is 7.29. The number of anilines is 1. The average molecular weight is 312 g/mol. The van der Waals surface area contributed by atoms with E-state index in [9.17, 15) is 4.79 Å². The molecule has 1 saturated heterocycles. The Kier molecular flexibility index (Phi) is 6.65. The molecule has 1 amide bonds. The highest BCUT2D eigenvalue weighted by Gasteiger charge is 2.23. The molecule has 1 aliphatic heterocycles. The molecule has 0 bridgehead atoms. The standard InChI is InChI=1S/C16H25N3O.ClH/c1-11-6-12(2)16(13(3)7-11)18-15(20)10-19-5-4-14(8-17)9-19;/h6-7,14H,4-5,8-10,17H2,1-3H3,(H,18,20);1H. The predicted molar refractivity (Wildman–Crippen MR) is 90.1 cm³/mol. The van der Waals surface area contributed by atoms with Crippen LogP contribution < -0.4 is 11.1 Å². The first-order chi connectivity index (χ1) is 9.49. The van der Waals surface area contributed by atoms with Crippen LogP contribution in [0.1, 0.15) is 23.1 Å². The number of hydrogen-bond donors (Lipinski definition) is 2. The summed E-state index contributed by atoms with van der Waals surface area (Å²) in [5, 5.41) is 3.05. The lowest BCUT2D eigenvalue weighted by molar-refractivity contribution is -0.117. The highest BCUT2D eigenvalue weighted by molar-refractivity contribution is 5.93. The molecule has 0 aliphatic carbocycles. The topological polar surface area (TPSA) is 58.4 Å². The summed E-state index contributed by atoms with van der Waals surface area (Å²) in [6.45, 7) is 9.24. The number of nitrogens with one attached hydrogen (secondary N) is 1. The predicted octanol–water partition coefficient (Wildman–Crippen LogP) is 2.25. The van der Waals surface area contributed by atoms with Crippen molar-refractivity contribution < 1.29 is 4.79 Å². The summed E-state index contributed by atoms with van der Waals surface area (Å²) in [6.07, 6.45) is 1.10. The zero-order chi connectivity index (χ0) is 14.7. The molecule has 1 unspecified atom stereocenters. The van der Waals surface area contributed by atoms with Gasteiger partial charge in [-0.1, -0.05) is 17.7 Å². The lowest BCUT2D eigenvalue weighted by Crippen LogP contribution is -2.32. The second kappa shape index (κ2) is 7.78. The molecule has 1 aliphatic rings. The molecule has 1 atom stereocenters. The lowest BCUT2D eigenvalue weighted by atomic mass is 10.1. The van der Waals surface area contributed by atoms with Crippen molar-refractivity contribution in [3.05, 3.63) is 28.8 Å². The Labute approximate surface area is 133 Å². The number of likely N-dealkylation sites (tertiary alicyclic amines) is 1. The van der Waals surface area contributed by atoms with E-state index in [2.05, 4.69) is 29.3 Å². The van der Waals surface area contributed by atoms with Crippen LogP contribution in [0.3, 0.4) is 0 Å². The zero-order valence-electron chi connectivity index (χ0n) is 13.1. The van der Waals surface area contributed by atoms with Crippen molar-refractivity contribution in [1.29, 1.82) is 0 Å². The summed E-state index contributed by atoms with van der Waals surface area (Å²) in [5.74, 6) is 0.614. The molecule has 0 saturated carbocycles. The molecule has 0 radical (unpaired) electrons. The molecule has 4 nitrogen and oxygen atoms in total. The van der Waals surface area contributed by atoms with E-state index >= 15 is 0 Å². The Morgan fingerprint density at radius 2 is 1.95 bits per heavy atom. The molecule has 3 N–H and O–H groups in total. The molecule has 118 valence electrons. The molecule has 1 aromatic rings. The first-order valence-electron chi connectivity index (χ1n) is 7.29. The fourth-order valence-electron chi connectivity index (χ4n) is 3.01. The van der Waals surface area contributed by atoms with Crippen molar-refractivity contribution in [2.45, 2.75) is 27.2 Å². The normalized spacial score (nSPS) is 18.4. The van der Waals surface area contributed by atoms with Crippen molar-refractivity contribution in [3.8, 4) is 0 Å². The number of hydrogen-bond acceptors (Lipinski definition) is 3. The summed E-state index contributed by atoms with van der Waals surface area (Å²) in [4.78, 5) is 14.4. The minimum absolute atomic E-state index is 0. The third-order valence-electron chi connectivity index (χ3n) is 4.01. The number of carbonyl (C=O) groups is 1. The monoisotopic (exact) mass is 311 g/mol. The quantitative estimate of drug-likeness (QED) is 0.896. The average Bonchev–Trinajstić information content (AvgIpc) is 2.81. The number of aryl methyl sites for hydroxylation is 3. The number of nitrogens with zero attached hydrogens (tertiary/aromatic N) is 1. The number of amides is 1. The van der Waals surface area contributed by atoms with Gasteiger partial charge in [-0.3, -0.25) is 9.69 Å². The van der Waals surface area contributed by atoms with Crippen molar-refractivity contribution in [3.63, 3.8) is 0 Å². The second-order valence-electron chi connectivity index (χ2n) is 5.95. The van der Waals surface area contributed by atoms with E-state index in [1.54, 1.807) is 0 Å². The van der Waals surface area contributed by atoms with Crippen LogP contribution in [0.15, 0.2) is 12.1 Å². The van der Waals surface area contributed by atoms with Crippen LogP contribution in [0, 0.1) is 26.7 Å². The van der Waals surface area contributed by atoms with Gasteiger partial charge in [0.1, 0.15) is 0 Å². The van der Waals surface area contributed by atoms with Crippen molar-refractivity contribution in [2.75, 3.05) is 31.5 Å². The minimum atomic E-state index is 0. The van der Waals surface area contributed by atoms with Gasteiger partial charge in [0.2, 0.25) is 5.91 Å². The summed E-state index contributed by atoms with van der Waals surface area (Å²) < 4.78 is 0. The van der Waals surface area contributed by atoms with Crippen LogP contribution in [0.25, 0.3) is 0 Å². The van der Waals surface area contributed by atoms with Gasteiger partial charge < -0.3 is 11.1 Å². The summed E-state index contributed by atoms with van der Waals surface area (Å²) in [6, 6.07) is 4.20. The molecule has 21 heavy (non-hydrogen) atoms. The van der Waals surface area contributed by atoms with E-state index in [0.717, 1.165) is 36.3 Å². The van der Waals surface area contributed by atoms with E-state index in [1.807, 2.05) is 13.8 Å². The first kappa shape index (κ1) is 18.0. The largest absolute Gasteiger partial charge is 0.330 e. The van der Waals surface area contributed by atoms with Crippen LogP contribution in [-0.2, 0) is 4.79 Å². The maximum Gasteiger partial charge on any atom is 0.238 e. The zero-order valence-corrected chi connectivity index (χ0v) is 13.9. The number of carbonyl (C=O) groups excluding carboxylic acids is 1. The minimum Gasteiger partial charge on any atom is -0.330 e. The van der Waals surface area contributed by atoms with Gasteiger partial charge in [-0.05, 0) is 57.3 Å². The third-order valence-corrected chi connectivity index (χ3v) is 4.01. The maximum atomic E-state index is 12.2. The molecule has 1 heterocycles. The van der Waals surface area contributed by atoms with Crippen molar-refractivity contribution >= 4 is 24.0 Å². The summed E-state index contributed by atoms with van der Waals surface area (Å²) in [7, 11) is 0. The fourth-order valence-corrected chi connectivity index (χ4v) is 3.01. The van der Waals surface area contributed by atoms with E-state index < -0.39 is 0 Å². The van der Waals surface area contributed by atoms with Gasteiger partial charge in [0.05, 0.1) is 6.54 Å². The van der Waals surface area contributed by atoms with E-state index in [0.29, 0.717) is 19.0 Å². The van der Waals surface area contributed by atoms with Gasteiger partial charge in [0, 0.05) is 12.2 Å². The molecule has 5 heteroatoms. The Balaban J connectivity index is 0.00000220. The number of rotatable bonds is 4. The Hall–Kier alpha value is -1.10. The fraction of sp³-hybridized carbons (Fsp3) is 0.562. The molecular formula is C16H26ClN3O. The molecule has 1 aromatic carbocycles. The summed E-state index contributed by atoms with van der Waals surface area (Å²) in [5.41, 5.74) is 10.1. The van der Waals surface area contributed by atoms with Gasteiger partial charge >= 0.3 is 0 Å². The van der Waals surface area contributed by atoms with Crippen LogP contribution in [0.5, 0.6) is 0 Å².